The number of carbonyl (C=O) groups is 1. The third-order valence-corrected chi connectivity index (χ3v) is 8.12. The predicted octanol–water partition coefficient (Wildman–Crippen LogP) is 4.25. The molecule has 0 aliphatic carbocycles. The molecular weight excluding hydrogens is 494 g/mol. The number of likely N-dealkylation sites (tertiary alicyclic amines) is 1. The predicted molar refractivity (Wildman–Crippen MR) is 139 cm³/mol. The van der Waals surface area contributed by atoms with Gasteiger partial charge in [-0.1, -0.05) is 18.2 Å². The first-order valence-electron chi connectivity index (χ1n) is 12.3. The van der Waals surface area contributed by atoms with Crippen LogP contribution in [0.15, 0.2) is 53.7 Å². The Bertz CT molecular complexity index is 1570. The van der Waals surface area contributed by atoms with E-state index in [1.165, 1.54) is 16.4 Å². The molecule has 10 nitrogen and oxygen atoms in total. The summed E-state index contributed by atoms with van der Waals surface area (Å²) in [6.45, 7) is 8.09. The normalized spacial score (nSPS) is 17.9. The minimum absolute atomic E-state index is 0.160. The SMILES string of the molecule is C[C@@H](O)c1nc2cnc3c(ccn3S(=O)(=O)c3ccccc3)c2n1[C@@H]1CCCN(C(=O)OC(C)(C)C)C1. The van der Waals surface area contributed by atoms with Gasteiger partial charge in [0.25, 0.3) is 10.0 Å². The Hall–Kier alpha value is -3.44. The van der Waals surface area contributed by atoms with Crippen LogP contribution in [0.1, 0.15) is 58.5 Å². The lowest BCUT2D eigenvalue weighted by molar-refractivity contribution is 0.0170. The van der Waals surface area contributed by atoms with E-state index in [9.17, 15) is 18.3 Å². The van der Waals surface area contributed by atoms with E-state index < -0.39 is 21.7 Å². The van der Waals surface area contributed by atoms with Crippen LogP contribution in [0.3, 0.4) is 0 Å². The van der Waals surface area contributed by atoms with Crippen molar-refractivity contribution in [1.29, 1.82) is 0 Å². The maximum Gasteiger partial charge on any atom is 0.410 e. The number of hydrogen-bond donors (Lipinski definition) is 1. The first-order valence-corrected chi connectivity index (χ1v) is 13.8. The zero-order chi connectivity index (χ0) is 26.5. The molecule has 37 heavy (non-hydrogen) atoms. The van der Waals surface area contributed by atoms with Crippen LogP contribution >= 0.6 is 0 Å². The quantitative estimate of drug-likeness (QED) is 0.423. The summed E-state index contributed by atoms with van der Waals surface area (Å²) < 4.78 is 35.5. The van der Waals surface area contributed by atoms with Gasteiger partial charge in [0.15, 0.2) is 5.65 Å². The smallest absolute Gasteiger partial charge is 0.410 e. The van der Waals surface area contributed by atoms with Gasteiger partial charge < -0.3 is 19.3 Å². The summed E-state index contributed by atoms with van der Waals surface area (Å²) in [5.41, 5.74) is 0.891. The summed E-state index contributed by atoms with van der Waals surface area (Å²) in [6.07, 6.45) is 3.28. The number of hydrogen-bond acceptors (Lipinski definition) is 7. The van der Waals surface area contributed by atoms with Gasteiger partial charge in [-0.2, -0.15) is 0 Å². The number of rotatable bonds is 4. The molecule has 4 heterocycles. The van der Waals surface area contributed by atoms with Crippen LogP contribution in [0, 0.1) is 0 Å². The van der Waals surface area contributed by atoms with Crippen LogP contribution in [0.25, 0.3) is 22.1 Å². The number of aliphatic hydroxyl groups excluding tert-OH is 1. The summed E-state index contributed by atoms with van der Waals surface area (Å²) in [5, 5.41) is 11.2. The molecule has 5 rings (SSSR count). The monoisotopic (exact) mass is 525 g/mol. The molecule has 0 bridgehead atoms. The highest BCUT2D eigenvalue weighted by Crippen LogP contribution is 2.35. The van der Waals surface area contributed by atoms with Gasteiger partial charge in [0, 0.05) is 24.7 Å². The minimum atomic E-state index is -3.87. The highest BCUT2D eigenvalue weighted by Gasteiger charge is 2.32. The molecule has 2 atom stereocenters. The molecule has 1 aliphatic rings. The molecule has 1 aromatic carbocycles. The van der Waals surface area contributed by atoms with Gasteiger partial charge in [0.05, 0.1) is 22.7 Å². The van der Waals surface area contributed by atoms with Crippen molar-refractivity contribution >= 4 is 38.2 Å². The third-order valence-electron chi connectivity index (χ3n) is 6.44. The van der Waals surface area contributed by atoms with Gasteiger partial charge in [-0.15, -0.1) is 0 Å². The Morgan fingerprint density at radius 1 is 1.19 bits per heavy atom. The van der Waals surface area contributed by atoms with Crippen molar-refractivity contribution in [3.05, 3.63) is 54.6 Å². The van der Waals surface area contributed by atoms with Gasteiger partial charge in [-0.05, 0) is 58.7 Å². The molecule has 0 saturated carbocycles. The second kappa shape index (κ2) is 9.14. The molecule has 196 valence electrons. The second-order valence-corrected chi connectivity index (χ2v) is 12.2. The first kappa shape index (κ1) is 25.2. The van der Waals surface area contributed by atoms with E-state index in [2.05, 4.69) is 9.97 Å². The van der Waals surface area contributed by atoms with Gasteiger partial charge in [0.2, 0.25) is 0 Å². The molecule has 0 spiro atoms. The van der Waals surface area contributed by atoms with Crippen molar-refractivity contribution in [2.75, 3.05) is 13.1 Å². The molecule has 4 aromatic rings. The number of fused-ring (bicyclic) bond motifs is 3. The maximum atomic E-state index is 13.4. The van der Waals surface area contributed by atoms with Crippen molar-refractivity contribution in [3.8, 4) is 0 Å². The lowest BCUT2D eigenvalue weighted by Gasteiger charge is -2.35. The van der Waals surface area contributed by atoms with Crippen LogP contribution < -0.4 is 0 Å². The number of imidazole rings is 1. The molecule has 1 amide bonds. The second-order valence-electron chi connectivity index (χ2n) is 10.4. The molecule has 1 fully saturated rings. The van der Waals surface area contributed by atoms with E-state index in [-0.39, 0.29) is 22.7 Å². The summed E-state index contributed by atoms with van der Waals surface area (Å²) in [4.78, 5) is 23.8. The van der Waals surface area contributed by atoms with Crippen molar-refractivity contribution < 1.29 is 23.1 Å². The van der Waals surface area contributed by atoms with Crippen molar-refractivity contribution in [2.24, 2.45) is 0 Å². The van der Waals surface area contributed by atoms with E-state index in [0.29, 0.717) is 35.3 Å². The summed E-state index contributed by atoms with van der Waals surface area (Å²) >= 11 is 0. The highest BCUT2D eigenvalue weighted by molar-refractivity contribution is 7.90. The van der Waals surface area contributed by atoms with Crippen molar-refractivity contribution in [1.82, 2.24) is 23.4 Å². The Morgan fingerprint density at radius 3 is 2.59 bits per heavy atom. The lowest BCUT2D eigenvalue weighted by atomic mass is 10.0. The molecule has 3 aromatic heterocycles. The number of ether oxygens (including phenoxy) is 1. The Balaban J connectivity index is 1.63. The zero-order valence-electron chi connectivity index (χ0n) is 21.3. The number of nitrogens with zero attached hydrogens (tertiary/aromatic N) is 5. The topological polar surface area (TPSA) is 120 Å². The maximum absolute atomic E-state index is 13.4. The van der Waals surface area contributed by atoms with E-state index in [1.807, 2.05) is 25.3 Å². The first-order chi connectivity index (χ1) is 17.5. The number of benzene rings is 1. The van der Waals surface area contributed by atoms with Crippen LogP contribution in [0.2, 0.25) is 0 Å². The van der Waals surface area contributed by atoms with Gasteiger partial charge >= 0.3 is 6.09 Å². The third kappa shape index (κ3) is 4.57. The molecule has 0 unspecified atom stereocenters. The van der Waals surface area contributed by atoms with Gasteiger partial charge in [-0.25, -0.2) is 27.2 Å². The average Bonchev–Trinajstić information content (AvgIpc) is 3.46. The fourth-order valence-electron chi connectivity index (χ4n) is 4.89. The van der Waals surface area contributed by atoms with Crippen LogP contribution in [0.5, 0.6) is 0 Å². The molecule has 0 radical (unpaired) electrons. The molecular formula is C26H31N5O5S. The number of aromatic nitrogens is 4. The molecule has 1 saturated heterocycles. The standard InChI is InChI=1S/C26H31N5O5S/c1-17(32)23-28-21-15-27-24-20(12-14-30(24)37(34,35)19-10-6-5-7-11-19)22(21)31(23)18-9-8-13-29(16-18)25(33)36-26(2,3)4/h5-7,10-12,14-15,17-18,32H,8-9,13,16H2,1-4H3/t17-,18-/m1/s1. The number of carbonyl (C=O) groups excluding carboxylic acids is 1. The Kier molecular flexibility index (Phi) is 6.23. The van der Waals surface area contributed by atoms with Gasteiger partial charge in [-0.3, -0.25) is 0 Å². The lowest BCUT2D eigenvalue weighted by Crippen LogP contribution is -2.43. The number of aliphatic hydroxyl groups is 1. The number of pyridine rings is 1. The van der Waals surface area contributed by atoms with Crippen molar-refractivity contribution in [3.63, 3.8) is 0 Å². The van der Waals surface area contributed by atoms with E-state index >= 15 is 0 Å². The van der Waals surface area contributed by atoms with E-state index in [0.717, 1.165) is 12.8 Å². The number of piperidine rings is 1. The average molecular weight is 526 g/mol. The largest absolute Gasteiger partial charge is 0.444 e. The van der Waals surface area contributed by atoms with Crippen LogP contribution in [-0.4, -0.2) is 61.7 Å². The van der Waals surface area contributed by atoms with E-state index in [1.54, 1.807) is 48.2 Å². The fourth-order valence-corrected chi connectivity index (χ4v) is 6.21. The number of amides is 1. The minimum Gasteiger partial charge on any atom is -0.444 e. The Morgan fingerprint density at radius 2 is 1.92 bits per heavy atom. The molecule has 11 heteroatoms. The summed E-state index contributed by atoms with van der Waals surface area (Å²) in [6, 6.07) is 9.72. The summed E-state index contributed by atoms with van der Waals surface area (Å²) in [7, 11) is -3.87. The fraction of sp³-hybridized carbons (Fsp3) is 0.423. The van der Waals surface area contributed by atoms with Crippen LogP contribution in [-0.2, 0) is 14.8 Å². The highest BCUT2D eigenvalue weighted by atomic mass is 32.2. The van der Waals surface area contributed by atoms with E-state index in [4.69, 9.17) is 4.74 Å². The van der Waals surface area contributed by atoms with Gasteiger partial charge in [0.1, 0.15) is 23.0 Å². The Labute approximate surface area is 215 Å². The zero-order valence-corrected chi connectivity index (χ0v) is 22.1. The van der Waals surface area contributed by atoms with Crippen LogP contribution in [0.4, 0.5) is 4.79 Å². The molecule has 1 N–H and O–H groups in total. The van der Waals surface area contributed by atoms with Crippen molar-refractivity contribution in [2.45, 2.75) is 63.2 Å². The molecule has 1 aliphatic heterocycles. The summed E-state index contributed by atoms with van der Waals surface area (Å²) in [5.74, 6) is 0.444.